The van der Waals surface area contributed by atoms with Crippen LogP contribution in [0.2, 0.25) is 0 Å². The van der Waals surface area contributed by atoms with Gasteiger partial charge in [-0.2, -0.15) is 0 Å². The quantitative estimate of drug-likeness (QED) is 0.469. The Morgan fingerprint density at radius 1 is 1.03 bits per heavy atom. The summed E-state index contributed by atoms with van der Waals surface area (Å²) in [4.78, 5) is 19.5. The first-order valence-corrected chi connectivity index (χ1v) is 9.98. The number of methoxy groups -OCH3 is 2. The summed E-state index contributed by atoms with van der Waals surface area (Å²) in [6.45, 7) is 0. The van der Waals surface area contributed by atoms with E-state index in [0.29, 0.717) is 17.8 Å². The predicted octanol–water partition coefficient (Wildman–Crippen LogP) is 4.00. The second kappa shape index (κ2) is 8.65. The number of aromatic nitrogens is 3. The lowest BCUT2D eigenvalue weighted by Gasteiger charge is -2.12. The average Bonchev–Trinajstić information content (AvgIpc) is 3.18. The van der Waals surface area contributed by atoms with Gasteiger partial charge in [-0.15, -0.1) is 0 Å². The zero-order valence-electron chi connectivity index (χ0n) is 16.2. The molecule has 7 heteroatoms. The molecule has 0 amide bonds. The lowest BCUT2D eigenvalue weighted by molar-refractivity contribution is -0.101. The Bertz CT molecular complexity index is 1150. The summed E-state index contributed by atoms with van der Waals surface area (Å²) in [7, 11) is 3.13. The van der Waals surface area contributed by atoms with Crippen molar-refractivity contribution in [2.24, 2.45) is 0 Å². The van der Waals surface area contributed by atoms with Gasteiger partial charge in [-0.05, 0) is 29.8 Å². The summed E-state index contributed by atoms with van der Waals surface area (Å²) in [6, 6.07) is 20.0. The standard InChI is InChI=1S/C22H21N3O3S/c1-27-21(28-2)13-16-12-20(26)25-22(24-16)19(14-23-25)15-8-10-18(11-9-15)29-17-6-4-3-5-7-17/h3-12,14,21,23H,13H2,1-2H3. The zero-order chi connectivity index (χ0) is 20.2. The predicted molar refractivity (Wildman–Crippen MR) is 113 cm³/mol. The maximum Gasteiger partial charge on any atom is 0.272 e. The molecular weight excluding hydrogens is 386 g/mol. The van der Waals surface area contributed by atoms with Crippen LogP contribution in [0.5, 0.6) is 0 Å². The van der Waals surface area contributed by atoms with Gasteiger partial charge in [0, 0.05) is 48.3 Å². The Hall–Kier alpha value is -2.87. The van der Waals surface area contributed by atoms with E-state index < -0.39 is 6.29 Å². The van der Waals surface area contributed by atoms with Crippen LogP contribution < -0.4 is 5.56 Å². The van der Waals surface area contributed by atoms with Crippen LogP contribution in [0.4, 0.5) is 0 Å². The summed E-state index contributed by atoms with van der Waals surface area (Å²) in [5, 5.41) is 2.99. The molecule has 1 N–H and O–H groups in total. The minimum Gasteiger partial charge on any atom is -0.356 e. The molecule has 0 fully saturated rings. The Balaban J connectivity index is 1.65. The fourth-order valence-corrected chi connectivity index (χ4v) is 3.94. The van der Waals surface area contributed by atoms with Crippen LogP contribution in [0, 0.1) is 0 Å². The van der Waals surface area contributed by atoms with Crippen LogP contribution in [0.1, 0.15) is 5.69 Å². The van der Waals surface area contributed by atoms with Crippen molar-refractivity contribution in [3.63, 3.8) is 0 Å². The number of aromatic amines is 1. The average molecular weight is 407 g/mol. The van der Waals surface area contributed by atoms with E-state index >= 15 is 0 Å². The molecule has 0 radical (unpaired) electrons. The third kappa shape index (κ3) is 4.27. The van der Waals surface area contributed by atoms with Gasteiger partial charge >= 0.3 is 0 Å². The van der Waals surface area contributed by atoms with Gasteiger partial charge in [-0.1, -0.05) is 42.1 Å². The number of ether oxygens (including phenoxy) is 2. The van der Waals surface area contributed by atoms with E-state index in [4.69, 9.17) is 9.47 Å². The fourth-order valence-electron chi connectivity index (χ4n) is 3.11. The lowest BCUT2D eigenvalue weighted by Crippen LogP contribution is -2.21. The van der Waals surface area contributed by atoms with E-state index in [2.05, 4.69) is 34.3 Å². The van der Waals surface area contributed by atoms with Crippen LogP contribution in [-0.4, -0.2) is 35.1 Å². The summed E-state index contributed by atoms with van der Waals surface area (Å²) >= 11 is 1.71. The van der Waals surface area contributed by atoms with E-state index in [1.165, 1.54) is 15.5 Å². The number of nitrogens with zero attached hydrogens (tertiary/aromatic N) is 2. The summed E-state index contributed by atoms with van der Waals surface area (Å²) in [5.74, 6) is 0. The molecule has 148 valence electrons. The van der Waals surface area contributed by atoms with Crippen molar-refractivity contribution in [2.75, 3.05) is 14.2 Å². The molecule has 0 aliphatic carbocycles. The summed E-state index contributed by atoms with van der Waals surface area (Å²) in [5.41, 5.74) is 2.90. The molecule has 6 nitrogen and oxygen atoms in total. The van der Waals surface area contributed by atoms with E-state index in [1.807, 2.05) is 30.3 Å². The van der Waals surface area contributed by atoms with Crippen molar-refractivity contribution in [3.05, 3.63) is 82.9 Å². The van der Waals surface area contributed by atoms with E-state index in [0.717, 1.165) is 16.0 Å². The van der Waals surface area contributed by atoms with E-state index in [9.17, 15) is 4.79 Å². The van der Waals surface area contributed by atoms with Crippen LogP contribution in [0.25, 0.3) is 16.8 Å². The minimum absolute atomic E-state index is 0.168. The molecule has 2 aromatic carbocycles. The number of H-pyrrole nitrogens is 1. The molecule has 2 heterocycles. The molecule has 0 spiro atoms. The molecule has 0 atom stereocenters. The lowest BCUT2D eigenvalue weighted by atomic mass is 10.1. The first kappa shape index (κ1) is 19.4. The normalized spacial score (nSPS) is 11.4. The molecular formula is C22H21N3O3S. The SMILES string of the molecule is COC(Cc1cc(=O)n2[nH]cc(-c3ccc(Sc4ccccc4)cc3)c2n1)OC. The van der Waals surface area contributed by atoms with Gasteiger partial charge in [0.05, 0.1) is 5.69 Å². The van der Waals surface area contributed by atoms with Gasteiger partial charge < -0.3 is 9.47 Å². The number of fused-ring (bicyclic) bond motifs is 1. The maximum absolute atomic E-state index is 12.5. The monoisotopic (exact) mass is 407 g/mol. The Morgan fingerprint density at radius 2 is 1.72 bits per heavy atom. The van der Waals surface area contributed by atoms with Crippen molar-refractivity contribution in [3.8, 4) is 11.1 Å². The molecule has 4 rings (SSSR count). The van der Waals surface area contributed by atoms with Crippen molar-refractivity contribution in [2.45, 2.75) is 22.5 Å². The molecule has 0 saturated heterocycles. The number of rotatable bonds is 7. The molecule has 29 heavy (non-hydrogen) atoms. The van der Waals surface area contributed by atoms with Crippen molar-refractivity contribution >= 4 is 17.4 Å². The van der Waals surface area contributed by atoms with Crippen LogP contribution in [-0.2, 0) is 15.9 Å². The smallest absolute Gasteiger partial charge is 0.272 e. The maximum atomic E-state index is 12.5. The highest BCUT2D eigenvalue weighted by atomic mass is 32.2. The third-order valence-corrected chi connectivity index (χ3v) is 5.61. The second-order valence-corrected chi connectivity index (χ2v) is 7.62. The van der Waals surface area contributed by atoms with Gasteiger partial charge in [0.2, 0.25) is 0 Å². The third-order valence-electron chi connectivity index (χ3n) is 4.60. The topological polar surface area (TPSA) is 68.6 Å². The van der Waals surface area contributed by atoms with Crippen molar-refractivity contribution < 1.29 is 9.47 Å². The van der Waals surface area contributed by atoms with Gasteiger partial charge in [0.25, 0.3) is 5.56 Å². The van der Waals surface area contributed by atoms with Crippen LogP contribution >= 0.6 is 11.8 Å². The van der Waals surface area contributed by atoms with E-state index in [-0.39, 0.29) is 5.56 Å². The molecule has 0 saturated carbocycles. The first-order valence-electron chi connectivity index (χ1n) is 9.17. The highest BCUT2D eigenvalue weighted by molar-refractivity contribution is 7.99. The summed E-state index contributed by atoms with van der Waals surface area (Å²) < 4.78 is 11.9. The fraction of sp³-hybridized carbons (Fsp3) is 0.182. The highest BCUT2D eigenvalue weighted by Crippen LogP contribution is 2.30. The molecule has 0 aliphatic heterocycles. The van der Waals surface area contributed by atoms with Gasteiger partial charge in [0.1, 0.15) is 0 Å². The molecule has 2 aromatic heterocycles. The number of hydrogen-bond acceptors (Lipinski definition) is 5. The molecule has 0 bridgehead atoms. The number of benzene rings is 2. The van der Waals surface area contributed by atoms with E-state index in [1.54, 1.807) is 32.2 Å². The van der Waals surface area contributed by atoms with Gasteiger partial charge in [0.15, 0.2) is 11.9 Å². The number of hydrogen-bond donors (Lipinski definition) is 1. The van der Waals surface area contributed by atoms with Crippen LogP contribution in [0.15, 0.2) is 81.4 Å². The molecule has 0 aliphatic rings. The van der Waals surface area contributed by atoms with Gasteiger partial charge in [-0.25, -0.2) is 9.50 Å². The summed E-state index contributed by atoms with van der Waals surface area (Å²) in [6.07, 6.45) is 1.76. The minimum atomic E-state index is -0.443. The first-order chi connectivity index (χ1) is 14.2. The largest absolute Gasteiger partial charge is 0.356 e. The van der Waals surface area contributed by atoms with Crippen molar-refractivity contribution in [1.29, 1.82) is 0 Å². The van der Waals surface area contributed by atoms with Gasteiger partial charge in [-0.3, -0.25) is 9.89 Å². The Labute approximate surface area is 172 Å². The Kier molecular flexibility index (Phi) is 5.80. The number of nitrogens with one attached hydrogen (secondary N) is 1. The van der Waals surface area contributed by atoms with Crippen molar-refractivity contribution in [1.82, 2.24) is 14.6 Å². The second-order valence-electron chi connectivity index (χ2n) is 6.48. The highest BCUT2D eigenvalue weighted by Gasteiger charge is 2.14. The zero-order valence-corrected chi connectivity index (χ0v) is 17.0. The Morgan fingerprint density at radius 3 is 2.41 bits per heavy atom. The molecule has 0 unspecified atom stereocenters. The molecule has 4 aromatic rings. The van der Waals surface area contributed by atoms with Crippen LogP contribution in [0.3, 0.4) is 0 Å².